The van der Waals surface area contributed by atoms with Crippen molar-refractivity contribution in [3.8, 4) is 17.2 Å². The van der Waals surface area contributed by atoms with E-state index in [0.29, 0.717) is 11.3 Å². The van der Waals surface area contributed by atoms with E-state index in [4.69, 9.17) is 14.3 Å². The Bertz CT molecular complexity index is 1530. The number of anilines is 1. The van der Waals surface area contributed by atoms with Crippen molar-refractivity contribution in [1.82, 2.24) is 10.3 Å². The monoisotopic (exact) mass is 505 g/mol. The molecule has 0 aliphatic carbocycles. The number of aromatic nitrogens is 1. The molecular formula is C25H19N3O9. The van der Waals surface area contributed by atoms with Gasteiger partial charge in [-0.1, -0.05) is 12.1 Å². The highest BCUT2D eigenvalue weighted by atomic mass is 16.5. The molecule has 2 aromatic heterocycles. The second-order valence-electron chi connectivity index (χ2n) is 7.70. The number of ether oxygens (including phenoxy) is 1. The van der Waals surface area contributed by atoms with Crippen LogP contribution in [-0.4, -0.2) is 44.7 Å². The minimum atomic E-state index is -1.29. The van der Waals surface area contributed by atoms with Crippen LogP contribution in [0.2, 0.25) is 0 Å². The Morgan fingerprint density at radius 1 is 1.00 bits per heavy atom. The Kier molecular flexibility index (Phi) is 7.00. The highest BCUT2D eigenvalue weighted by Crippen LogP contribution is 2.29. The summed E-state index contributed by atoms with van der Waals surface area (Å²) in [6, 6.07) is 9.56. The van der Waals surface area contributed by atoms with Gasteiger partial charge in [0.05, 0.1) is 5.39 Å². The van der Waals surface area contributed by atoms with Crippen molar-refractivity contribution in [2.75, 3.05) is 11.9 Å². The lowest BCUT2D eigenvalue weighted by Crippen LogP contribution is -2.38. The number of carboxylic acids is 1. The van der Waals surface area contributed by atoms with Gasteiger partial charge in [0, 0.05) is 24.1 Å². The summed E-state index contributed by atoms with van der Waals surface area (Å²) in [5.74, 6) is -3.60. The molecular weight excluding hydrogens is 486 g/mol. The maximum atomic E-state index is 13.1. The number of aromatic hydroxyl groups is 2. The van der Waals surface area contributed by atoms with Gasteiger partial charge in [-0.3, -0.25) is 19.4 Å². The van der Waals surface area contributed by atoms with Crippen molar-refractivity contribution >= 4 is 34.4 Å². The summed E-state index contributed by atoms with van der Waals surface area (Å²) in [5.41, 5.74) is -0.585. The van der Waals surface area contributed by atoms with E-state index in [-0.39, 0.29) is 16.7 Å². The van der Waals surface area contributed by atoms with Gasteiger partial charge in [0.1, 0.15) is 29.2 Å². The van der Waals surface area contributed by atoms with E-state index in [1.165, 1.54) is 36.7 Å². The number of carbonyl (C=O) groups is 3. The number of hydrogen-bond donors (Lipinski definition) is 5. The summed E-state index contributed by atoms with van der Waals surface area (Å²) in [5, 5.41) is 33.1. The number of phenolic OH excluding ortho intramolecular Hbond substituents is 2. The van der Waals surface area contributed by atoms with Gasteiger partial charge in [-0.25, -0.2) is 4.79 Å². The lowest BCUT2D eigenvalue weighted by Gasteiger charge is -2.19. The van der Waals surface area contributed by atoms with E-state index in [9.17, 15) is 29.4 Å². The maximum Gasteiger partial charge on any atom is 0.341 e. The quantitative estimate of drug-likeness (QED) is 0.222. The molecule has 2 amide bonds. The van der Waals surface area contributed by atoms with Gasteiger partial charge in [-0.15, -0.1) is 0 Å². The van der Waals surface area contributed by atoms with E-state index >= 15 is 0 Å². The number of nitrogens with one attached hydrogen (secondary N) is 2. The molecule has 0 bridgehead atoms. The van der Waals surface area contributed by atoms with E-state index in [1.54, 1.807) is 12.1 Å². The zero-order valence-corrected chi connectivity index (χ0v) is 18.9. The molecule has 2 heterocycles. The average molecular weight is 505 g/mol. The van der Waals surface area contributed by atoms with Crippen molar-refractivity contribution in [3.05, 3.63) is 88.5 Å². The number of phenols is 2. The number of hydrogen-bond acceptors (Lipinski definition) is 9. The summed E-state index contributed by atoms with van der Waals surface area (Å²) in [7, 11) is 0. The standard InChI is InChI=1S/C25H19N3O9/c29-18-9-16-20(10-19(18)30)37-11-17(23(16)33)24(34)28-22(25(35)27-14-5-7-26-8-6-14)13-1-3-15(4-2-13)36-12-21(31)32/h1-11,22,29-30H,12H2,(H,28,34)(H,31,32)(H,26,27,35). The number of pyridine rings is 1. The number of benzene rings is 2. The predicted octanol–water partition coefficient (Wildman–Crippen LogP) is 2.17. The molecule has 5 N–H and O–H groups in total. The first kappa shape index (κ1) is 24.7. The second kappa shape index (κ2) is 10.5. The molecule has 2 aromatic carbocycles. The molecule has 12 heteroatoms. The van der Waals surface area contributed by atoms with Gasteiger partial charge in [0.15, 0.2) is 18.1 Å². The number of carbonyl (C=O) groups excluding carboxylic acids is 2. The molecule has 1 unspecified atom stereocenters. The molecule has 4 aromatic rings. The third-order valence-electron chi connectivity index (χ3n) is 5.18. The van der Waals surface area contributed by atoms with Crippen LogP contribution in [0.5, 0.6) is 17.2 Å². The molecule has 0 aliphatic rings. The third-order valence-corrected chi connectivity index (χ3v) is 5.18. The minimum absolute atomic E-state index is 0.0548. The largest absolute Gasteiger partial charge is 0.504 e. The van der Waals surface area contributed by atoms with E-state index in [0.717, 1.165) is 18.4 Å². The third kappa shape index (κ3) is 5.65. The number of amides is 2. The predicted molar refractivity (Wildman–Crippen MR) is 128 cm³/mol. The van der Waals surface area contributed by atoms with Crippen LogP contribution in [0.1, 0.15) is 22.0 Å². The Morgan fingerprint density at radius 3 is 2.35 bits per heavy atom. The molecule has 0 spiro atoms. The first-order valence-corrected chi connectivity index (χ1v) is 10.7. The van der Waals surface area contributed by atoms with Gasteiger partial charge >= 0.3 is 5.97 Å². The fourth-order valence-electron chi connectivity index (χ4n) is 3.37. The fourth-order valence-corrected chi connectivity index (χ4v) is 3.37. The second-order valence-corrected chi connectivity index (χ2v) is 7.70. The molecule has 0 saturated heterocycles. The lowest BCUT2D eigenvalue weighted by atomic mass is 10.0. The van der Waals surface area contributed by atoms with Crippen LogP contribution in [0.4, 0.5) is 5.69 Å². The first-order chi connectivity index (χ1) is 17.7. The zero-order chi connectivity index (χ0) is 26.5. The summed E-state index contributed by atoms with van der Waals surface area (Å²) < 4.78 is 10.4. The molecule has 12 nitrogen and oxygen atoms in total. The van der Waals surface area contributed by atoms with E-state index in [2.05, 4.69) is 15.6 Å². The maximum absolute atomic E-state index is 13.1. The average Bonchev–Trinajstić information content (AvgIpc) is 2.88. The molecule has 0 saturated carbocycles. The molecule has 37 heavy (non-hydrogen) atoms. The minimum Gasteiger partial charge on any atom is -0.504 e. The van der Waals surface area contributed by atoms with E-state index in [1.807, 2.05) is 0 Å². The highest BCUT2D eigenvalue weighted by Gasteiger charge is 2.26. The number of nitrogens with zero attached hydrogens (tertiary/aromatic N) is 1. The first-order valence-electron chi connectivity index (χ1n) is 10.7. The highest BCUT2D eigenvalue weighted by molar-refractivity contribution is 6.02. The van der Waals surface area contributed by atoms with Crippen LogP contribution >= 0.6 is 0 Å². The lowest BCUT2D eigenvalue weighted by molar-refractivity contribution is -0.139. The summed E-state index contributed by atoms with van der Waals surface area (Å²) >= 11 is 0. The molecule has 1 atom stereocenters. The van der Waals surface area contributed by atoms with Crippen molar-refractivity contribution in [3.63, 3.8) is 0 Å². The van der Waals surface area contributed by atoms with Crippen LogP contribution < -0.4 is 20.8 Å². The summed E-state index contributed by atoms with van der Waals surface area (Å²) in [6.07, 6.45) is 3.81. The van der Waals surface area contributed by atoms with Crippen LogP contribution in [0.15, 0.2) is 76.4 Å². The summed E-state index contributed by atoms with van der Waals surface area (Å²) in [4.78, 5) is 53.7. The normalized spacial score (nSPS) is 11.5. The number of rotatable bonds is 8. The molecule has 0 fully saturated rings. The van der Waals surface area contributed by atoms with Crippen molar-refractivity contribution < 1.29 is 38.9 Å². The van der Waals surface area contributed by atoms with Crippen molar-refractivity contribution in [1.29, 1.82) is 0 Å². The fraction of sp³-hybridized carbons (Fsp3) is 0.0800. The van der Waals surface area contributed by atoms with Gasteiger partial charge in [-0.2, -0.15) is 0 Å². The molecule has 0 radical (unpaired) electrons. The number of aliphatic carboxylic acids is 1. The van der Waals surface area contributed by atoms with Gasteiger partial charge in [0.25, 0.3) is 11.8 Å². The molecule has 188 valence electrons. The van der Waals surface area contributed by atoms with Crippen molar-refractivity contribution in [2.24, 2.45) is 0 Å². The van der Waals surface area contributed by atoms with Gasteiger partial charge < -0.3 is 35.1 Å². The summed E-state index contributed by atoms with van der Waals surface area (Å²) in [6.45, 7) is -0.562. The molecule has 4 rings (SSSR count). The SMILES string of the molecule is O=C(O)COc1ccc(C(NC(=O)c2coc3cc(O)c(O)cc3c2=O)C(=O)Nc2ccncc2)cc1. The van der Waals surface area contributed by atoms with Gasteiger partial charge in [-0.05, 0) is 35.9 Å². The van der Waals surface area contributed by atoms with Gasteiger partial charge in [0.2, 0.25) is 5.43 Å². The Morgan fingerprint density at radius 2 is 1.68 bits per heavy atom. The number of fused-ring (bicyclic) bond motifs is 1. The van der Waals surface area contributed by atoms with Crippen LogP contribution in [0.25, 0.3) is 11.0 Å². The zero-order valence-electron chi connectivity index (χ0n) is 18.9. The van der Waals surface area contributed by atoms with Crippen LogP contribution in [-0.2, 0) is 9.59 Å². The Balaban J connectivity index is 1.65. The van der Waals surface area contributed by atoms with Crippen molar-refractivity contribution in [2.45, 2.75) is 6.04 Å². The smallest absolute Gasteiger partial charge is 0.341 e. The van der Waals surface area contributed by atoms with Crippen LogP contribution in [0.3, 0.4) is 0 Å². The number of carboxylic acid groups (broad SMARTS) is 1. The van der Waals surface area contributed by atoms with E-state index < -0.39 is 52.9 Å². The molecule has 0 aliphatic heterocycles. The van der Waals surface area contributed by atoms with Crippen LogP contribution in [0, 0.1) is 0 Å². The Hall–Kier alpha value is -5.39. The topological polar surface area (TPSA) is 188 Å². The Labute approximate surface area is 207 Å².